The lowest BCUT2D eigenvalue weighted by Crippen LogP contribution is -2.37. The quantitative estimate of drug-likeness (QED) is 0.616. The lowest BCUT2D eigenvalue weighted by Gasteiger charge is -2.28. The van der Waals surface area contributed by atoms with Crippen molar-refractivity contribution in [2.75, 3.05) is 59.4 Å². The van der Waals surface area contributed by atoms with Crippen molar-refractivity contribution >= 4 is 11.8 Å². The Morgan fingerprint density at radius 3 is 2.45 bits per heavy atom. The van der Waals surface area contributed by atoms with Crippen molar-refractivity contribution in [2.24, 2.45) is 4.99 Å². The van der Waals surface area contributed by atoms with Gasteiger partial charge in [-0.3, -0.25) is 0 Å². The monoisotopic (exact) mass is 309 g/mol. The van der Waals surface area contributed by atoms with Crippen LogP contribution < -0.4 is 4.90 Å². The highest BCUT2D eigenvalue weighted by Crippen LogP contribution is 2.18. The van der Waals surface area contributed by atoms with Gasteiger partial charge < -0.3 is 19.4 Å². The Labute approximate surface area is 131 Å². The van der Waals surface area contributed by atoms with E-state index in [-0.39, 0.29) is 5.82 Å². The van der Waals surface area contributed by atoms with Gasteiger partial charge in [0.1, 0.15) is 0 Å². The van der Waals surface area contributed by atoms with Gasteiger partial charge in [0, 0.05) is 47.5 Å². The van der Waals surface area contributed by atoms with Crippen LogP contribution in [0.25, 0.3) is 0 Å². The van der Waals surface area contributed by atoms with Gasteiger partial charge >= 0.3 is 0 Å². The third-order valence-corrected chi connectivity index (χ3v) is 3.39. The van der Waals surface area contributed by atoms with E-state index in [1.54, 1.807) is 6.20 Å². The standard InChI is InChI=1S/C15H24FN5O/c1-19(2)15(20(3)4)18-11-12-9-13(16)14(17-10-12)21-5-7-22-8-6-21/h9-10H,5-8,11H2,1-4H3. The van der Waals surface area contributed by atoms with E-state index in [2.05, 4.69) is 9.98 Å². The summed E-state index contributed by atoms with van der Waals surface area (Å²) in [6.45, 7) is 2.98. The second-order valence-corrected chi connectivity index (χ2v) is 5.65. The molecule has 122 valence electrons. The second kappa shape index (κ2) is 7.40. The molecule has 22 heavy (non-hydrogen) atoms. The molecular formula is C15H24FN5O. The van der Waals surface area contributed by atoms with E-state index < -0.39 is 0 Å². The van der Waals surface area contributed by atoms with Crippen molar-refractivity contribution in [1.29, 1.82) is 0 Å². The van der Waals surface area contributed by atoms with Crippen molar-refractivity contribution in [1.82, 2.24) is 14.8 Å². The fourth-order valence-corrected chi connectivity index (χ4v) is 2.41. The minimum atomic E-state index is -0.300. The molecular weight excluding hydrogens is 285 g/mol. The number of aromatic nitrogens is 1. The lowest BCUT2D eigenvalue weighted by atomic mass is 10.2. The van der Waals surface area contributed by atoms with E-state index >= 15 is 0 Å². The predicted octanol–water partition coefficient (Wildman–Crippen LogP) is 1.04. The zero-order chi connectivity index (χ0) is 16.1. The molecule has 1 saturated heterocycles. The summed E-state index contributed by atoms with van der Waals surface area (Å²) < 4.78 is 19.5. The van der Waals surface area contributed by atoms with E-state index in [4.69, 9.17) is 4.74 Å². The topological polar surface area (TPSA) is 44.2 Å². The first kappa shape index (κ1) is 16.5. The highest BCUT2D eigenvalue weighted by molar-refractivity contribution is 5.79. The average molecular weight is 309 g/mol. The van der Waals surface area contributed by atoms with Crippen molar-refractivity contribution < 1.29 is 9.13 Å². The largest absolute Gasteiger partial charge is 0.378 e. The molecule has 1 aliphatic heterocycles. The number of aliphatic imine (C=N–C) groups is 1. The molecule has 1 aromatic heterocycles. The first-order valence-electron chi connectivity index (χ1n) is 7.35. The van der Waals surface area contributed by atoms with Gasteiger partial charge in [0.15, 0.2) is 17.6 Å². The summed E-state index contributed by atoms with van der Waals surface area (Å²) >= 11 is 0. The van der Waals surface area contributed by atoms with Gasteiger partial charge in [-0.1, -0.05) is 0 Å². The Morgan fingerprint density at radius 2 is 1.91 bits per heavy atom. The van der Waals surface area contributed by atoms with E-state index in [9.17, 15) is 4.39 Å². The van der Waals surface area contributed by atoms with Gasteiger partial charge in [-0.25, -0.2) is 14.4 Å². The van der Waals surface area contributed by atoms with Crippen LogP contribution in [0, 0.1) is 5.82 Å². The second-order valence-electron chi connectivity index (χ2n) is 5.65. The number of ether oxygens (including phenoxy) is 1. The van der Waals surface area contributed by atoms with Crippen LogP contribution in [0.5, 0.6) is 0 Å². The van der Waals surface area contributed by atoms with Gasteiger partial charge in [0.25, 0.3) is 0 Å². The van der Waals surface area contributed by atoms with Crippen molar-refractivity contribution in [3.8, 4) is 0 Å². The fourth-order valence-electron chi connectivity index (χ4n) is 2.41. The van der Waals surface area contributed by atoms with Gasteiger partial charge in [0.05, 0.1) is 19.8 Å². The number of rotatable bonds is 3. The van der Waals surface area contributed by atoms with Crippen molar-refractivity contribution in [2.45, 2.75) is 6.54 Å². The van der Waals surface area contributed by atoms with Crippen LogP contribution in [-0.4, -0.2) is 75.2 Å². The molecule has 2 rings (SSSR count). The molecule has 0 saturated carbocycles. The highest BCUT2D eigenvalue weighted by atomic mass is 19.1. The number of pyridine rings is 1. The summed E-state index contributed by atoms with van der Waals surface area (Å²) in [7, 11) is 7.72. The number of guanidine groups is 1. The van der Waals surface area contributed by atoms with E-state index in [1.165, 1.54) is 6.07 Å². The molecule has 0 N–H and O–H groups in total. The molecule has 0 bridgehead atoms. The molecule has 0 aromatic carbocycles. The highest BCUT2D eigenvalue weighted by Gasteiger charge is 2.16. The third kappa shape index (κ3) is 4.07. The summed E-state index contributed by atoms with van der Waals surface area (Å²) in [6, 6.07) is 1.52. The first-order valence-corrected chi connectivity index (χ1v) is 7.35. The number of halogens is 1. The third-order valence-electron chi connectivity index (χ3n) is 3.39. The van der Waals surface area contributed by atoms with Crippen LogP contribution in [0.2, 0.25) is 0 Å². The van der Waals surface area contributed by atoms with Crippen LogP contribution in [0.1, 0.15) is 5.56 Å². The molecule has 0 radical (unpaired) electrons. The summed E-state index contributed by atoms with van der Waals surface area (Å²) in [5.41, 5.74) is 0.760. The Balaban J connectivity index is 2.10. The molecule has 0 spiro atoms. The Hall–Kier alpha value is -1.89. The first-order chi connectivity index (χ1) is 10.5. The van der Waals surface area contributed by atoms with Crippen LogP contribution >= 0.6 is 0 Å². The summed E-state index contributed by atoms with van der Waals surface area (Å²) in [5.74, 6) is 0.931. The van der Waals surface area contributed by atoms with E-state index in [1.807, 2.05) is 42.9 Å². The maximum atomic E-state index is 14.3. The van der Waals surface area contributed by atoms with Crippen LogP contribution in [0.15, 0.2) is 17.3 Å². The molecule has 1 aliphatic rings. The summed E-state index contributed by atoms with van der Waals surface area (Å²) in [6.07, 6.45) is 1.69. The zero-order valence-electron chi connectivity index (χ0n) is 13.7. The maximum Gasteiger partial charge on any atom is 0.195 e. The van der Waals surface area contributed by atoms with Gasteiger partial charge in [0.2, 0.25) is 0 Å². The molecule has 0 unspecified atom stereocenters. The minimum Gasteiger partial charge on any atom is -0.378 e. The van der Waals surface area contributed by atoms with Crippen LogP contribution in [0.4, 0.5) is 10.2 Å². The zero-order valence-corrected chi connectivity index (χ0v) is 13.7. The molecule has 0 atom stereocenters. The summed E-state index contributed by atoms with van der Waals surface area (Å²) in [4.78, 5) is 14.5. The summed E-state index contributed by atoms with van der Waals surface area (Å²) in [5, 5.41) is 0. The van der Waals surface area contributed by atoms with Crippen LogP contribution in [-0.2, 0) is 11.3 Å². The molecule has 0 aliphatic carbocycles. The minimum absolute atomic E-state index is 0.300. The lowest BCUT2D eigenvalue weighted by molar-refractivity contribution is 0.122. The Bertz CT molecular complexity index is 517. The van der Waals surface area contributed by atoms with Gasteiger partial charge in [-0.05, 0) is 11.6 Å². The number of anilines is 1. The Kier molecular flexibility index (Phi) is 5.54. The molecule has 1 aromatic rings. The number of morpholine rings is 1. The van der Waals surface area contributed by atoms with E-state index in [0.29, 0.717) is 38.7 Å². The normalized spacial score (nSPS) is 14.7. The number of hydrogen-bond donors (Lipinski definition) is 0. The molecule has 7 heteroatoms. The molecule has 1 fully saturated rings. The molecule has 6 nitrogen and oxygen atoms in total. The number of hydrogen-bond acceptors (Lipinski definition) is 4. The smallest absolute Gasteiger partial charge is 0.195 e. The van der Waals surface area contributed by atoms with Crippen molar-refractivity contribution in [3.63, 3.8) is 0 Å². The van der Waals surface area contributed by atoms with E-state index in [0.717, 1.165) is 11.5 Å². The molecule has 2 heterocycles. The average Bonchev–Trinajstić information content (AvgIpc) is 2.47. The van der Waals surface area contributed by atoms with Crippen molar-refractivity contribution in [3.05, 3.63) is 23.6 Å². The number of nitrogens with zero attached hydrogens (tertiary/aromatic N) is 5. The fraction of sp³-hybridized carbons (Fsp3) is 0.600. The maximum absolute atomic E-state index is 14.3. The Morgan fingerprint density at radius 1 is 1.27 bits per heavy atom. The SMILES string of the molecule is CN(C)C(=NCc1cnc(N2CCOCC2)c(F)c1)N(C)C. The molecule has 0 amide bonds. The van der Waals surface area contributed by atoms with Gasteiger partial charge in [-0.15, -0.1) is 0 Å². The predicted molar refractivity (Wildman–Crippen MR) is 85.7 cm³/mol. The van der Waals surface area contributed by atoms with Gasteiger partial charge in [-0.2, -0.15) is 0 Å². The van der Waals surface area contributed by atoms with Crippen LogP contribution in [0.3, 0.4) is 0 Å².